The molecule has 0 radical (unpaired) electrons. The van der Waals surface area contributed by atoms with Crippen LogP contribution < -0.4 is 0 Å². The summed E-state index contributed by atoms with van der Waals surface area (Å²) < 4.78 is 37.9. The van der Waals surface area contributed by atoms with Crippen molar-refractivity contribution in [2.24, 2.45) is 0 Å². The molecule has 0 aliphatic rings. The number of hydrogen-bond acceptors (Lipinski definition) is 2. The minimum absolute atomic E-state index is 0.192. The summed E-state index contributed by atoms with van der Waals surface area (Å²) in [6, 6.07) is 4.08. The van der Waals surface area contributed by atoms with Gasteiger partial charge >= 0.3 is 6.18 Å². The van der Waals surface area contributed by atoms with Gasteiger partial charge in [0.1, 0.15) is 10.8 Å². The van der Waals surface area contributed by atoms with Crippen molar-refractivity contribution in [2.75, 3.05) is 0 Å². The lowest BCUT2D eigenvalue weighted by Gasteiger charge is -2.10. The first kappa shape index (κ1) is 12.8. The molecule has 0 aliphatic carbocycles. The summed E-state index contributed by atoms with van der Waals surface area (Å²) in [7, 11) is 0. The van der Waals surface area contributed by atoms with Crippen molar-refractivity contribution in [1.29, 1.82) is 0 Å². The van der Waals surface area contributed by atoms with Crippen LogP contribution in [-0.2, 0) is 6.18 Å². The van der Waals surface area contributed by atoms with E-state index in [-0.39, 0.29) is 5.15 Å². The molecule has 94 valence electrons. The summed E-state index contributed by atoms with van der Waals surface area (Å²) in [5.41, 5.74) is 0.772. The molecule has 0 fully saturated rings. The topological polar surface area (TPSA) is 25.8 Å². The van der Waals surface area contributed by atoms with Gasteiger partial charge in [0.2, 0.25) is 0 Å². The second kappa shape index (κ2) is 4.57. The Labute approximate surface area is 106 Å². The largest absolute Gasteiger partial charge is 0.433 e. The highest BCUT2D eigenvalue weighted by molar-refractivity contribution is 6.29. The number of alkyl halides is 3. The Balaban J connectivity index is 2.60. The Bertz CT molecular complexity index is 582. The molecule has 0 atom stereocenters. The number of aromatic nitrogens is 2. The van der Waals surface area contributed by atoms with Crippen LogP contribution in [0, 0.1) is 6.92 Å². The molecule has 0 saturated carbocycles. The maximum atomic E-state index is 12.6. The second-order valence-electron chi connectivity index (χ2n) is 3.75. The number of pyridine rings is 2. The lowest BCUT2D eigenvalue weighted by Crippen LogP contribution is -2.08. The third kappa shape index (κ3) is 2.61. The lowest BCUT2D eigenvalue weighted by atomic mass is 10.0. The summed E-state index contributed by atoms with van der Waals surface area (Å²) in [5, 5.41) is -0.192. The molecule has 0 spiro atoms. The molecule has 0 aromatic carbocycles. The second-order valence-corrected chi connectivity index (χ2v) is 4.14. The molecule has 6 heteroatoms. The highest BCUT2D eigenvalue weighted by atomic mass is 35.5. The molecule has 2 aromatic heterocycles. The van der Waals surface area contributed by atoms with Crippen molar-refractivity contribution in [3.05, 3.63) is 47.0 Å². The standard InChI is InChI=1S/C12H8ClF3N2/c1-7-2-3-17-6-9(7)8-4-10(12(14,15)16)18-11(13)5-8/h2-6H,1H3. The van der Waals surface area contributed by atoms with E-state index in [0.29, 0.717) is 11.1 Å². The molecule has 0 unspecified atom stereocenters. The fourth-order valence-electron chi connectivity index (χ4n) is 1.56. The average Bonchev–Trinajstić information content (AvgIpc) is 2.27. The van der Waals surface area contributed by atoms with Gasteiger partial charge in [-0.05, 0) is 36.2 Å². The van der Waals surface area contributed by atoms with Crippen LogP contribution in [0.15, 0.2) is 30.6 Å². The van der Waals surface area contributed by atoms with Crippen LogP contribution in [0.5, 0.6) is 0 Å². The van der Waals surface area contributed by atoms with Crippen molar-refractivity contribution in [2.45, 2.75) is 13.1 Å². The van der Waals surface area contributed by atoms with E-state index < -0.39 is 11.9 Å². The lowest BCUT2D eigenvalue weighted by molar-refractivity contribution is -0.141. The Kier molecular flexibility index (Phi) is 3.26. The van der Waals surface area contributed by atoms with Gasteiger partial charge in [0.05, 0.1) is 0 Å². The molecule has 2 aromatic rings. The quantitative estimate of drug-likeness (QED) is 0.730. The highest BCUT2D eigenvalue weighted by Crippen LogP contribution is 2.33. The van der Waals surface area contributed by atoms with E-state index in [0.717, 1.165) is 11.6 Å². The average molecular weight is 273 g/mol. The van der Waals surface area contributed by atoms with Crippen LogP contribution in [-0.4, -0.2) is 9.97 Å². The Hall–Kier alpha value is -1.62. The predicted octanol–water partition coefficient (Wildman–Crippen LogP) is 4.12. The minimum atomic E-state index is -4.52. The molecular weight excluding hydrogens is 265 g/mol. The van der Waals surface area contributed by atoms with Crippen molar-refractivity contribution in [3.63, 3.8) is 0 Å². The normalized spacial score (nSPS) is 11.6. The summed E-state index contributed by atoms with van der Waals surface area (Å²) >= 11 is 5.63. The fraction of sp³-hybridized carbons (Fsp3) is 0.167. The van der Waals surface area contributed by atoms with Gasteiger partial charge in [-0.15, -0.1) is 0 Å². The maximum Gasteiger partial charge on any atom is 0.433 e. The zero-order valence-corrected chi connectivity index (χ0v) is 10.0. The smallest absolute Gasteiger partial charge is 0.264 e. The first-order valence-electron chi connectivity index (χ1n) is 5.03. The van der Waals surface area contributed by atoms with Crippen LogP contribution in [0.3, 0.4) is 0 Å². The highest BCUT2D eigenvalue weighted by Gasteiger charge is 2.33. The first-order valence-corrected chi connectivity index (χ1v) is 5.41. The first-order chi connectivity index (χ1) is 8.38. The molecule has 0 bridgehead atoms. The van der Waals surface area contributed by atoms with Crippen molar-refractivity contribution in [1.82, 2.24) is 9.97 Å². The molecule has 18 heavy (non-hydrogen) atoms. The number of nitrogens with zero attached hydrogens (tertiary/aromatic N) is 2. The number of rotatable bonds is 1. The van der Waals surface area contributed by atoms with E-state index in [1.807, 2.05) is 0 Å². The Morgan fingerprint density at radius 1 is 1.22 bits per heavy atom. The van der Waals surface area contributed by atoms with Crippen molar-refractivity contribution < 1.29 is 13.2 Å². The number of halogens is 4. The SMILES string of the molecule is Cc1ccncc1-c1cc(Cl)nc(C(F)(F)F)c1. The van der Waals surface area contributed by atoms with E-state index >= 15 is 0 Å². The third-order valence-electron chi connectivity index (χ3n) is 2.43. The van der Waals surface area contributed by atoms with E-state index in [1.165, 1.54) is 12.3 Å². The van der Waals surface area contributed by atoms with E-state index in [2.05, 4.69) is 9.97 Å². The van der Waals surface area contributed by atoms with Gasteiger partial charge in [-0.25, -0.2) is 4.98 Å². The van der Waals surface area contributed by atoms with E-state index in [4.69, 9.17) is 11.6 Å². The number of hydrogen-bond donors (Lipinski definition) is 0. The van der Waals surface area contributed by atoms with Crippen LogP contribution in [0.2, 0.25) is 5.15 Å². The molecular formula is C12H8ClF3N2. The molecule has 0 N–H and O–H groups in total. The summed E-state index contributed by atoms with van der Waals surface area (Å²) in [6.45, 7) is 1.79. The van der Waals surface area contributed by atoms with E-state index in [9.17, 15) is 13.2 Å². The van der Waals surface area contributed by atoms with Gasteiger partial charge in [-0.1, -0.05) is 11.6 Å². The van der Waals surface area contributed by atoms with E-state index in [1.54, 1.807) is 19.2 Å². The Morgan fingerprint density at radius 2 is 1.94 bits per heavy atom. The van der Waals surface area contributed by atoms with Crippen molar-refractivity contribution >= 4 is 11.6 Å². The van der Waals surface area contributed by atoms with Gasteiger partial charge in [-0.3, -0.25) is 4.98 Å². The molecule has 2 rings (SSSR count). The molecule has 2 nitrogen and oxygen atoms in total. The van der Waals surface area contributed by atoms with Gasteiger partial charge in [-0.2, -0.15) is 13.2 Å². The summed E-state index contributed by atoms with van der Waals surface area (Å²) in [5.74, 6) is 0. The zero-order valence-electron chi connectivity index (χ0n) is 9.29. The minimum Gasteiger partial charge on any atom is -0.264 e. The van der Waals surface area contributed by atoms with Crippen LogP contribution in [0.25, 0.3) is 11.1 Å². The Morgan fingerprint density at radius 3 is 2.56 bits per heavy atom. The molecule has 2 heterocycles. The monoisotopic (exact) mass is 272 g/mol. The van der Waals surface area contributed by atoms with Crippen LogP contribution in [0.4, 0.5) is 13.2 Å². The fourth-order valence-corrected chi connectivity index (χ4v) is 1.77. The molecule has 0 amide bonds. The van der Waals surface area contributed by atoms with Gasteiger partial charge in [0, 0.05) is 18.0 Å². The summed E-state index contributed by atoms with van der Waals surface area (Å²) in [4.78, 5) is 7.18. The van der Waals surface area contributed by atoms with Crippen LogP contribution in [0.1, 0.15) is 11.3 Å². The van der Waals surface area contributed by atoms with Gasteiger partial charge in [0.25, 0.3) is 0 Å². The molecule has 0 saturated heterocycles. The zero-order chi connectivity index (χ0) is 13.3. The predicted molar refractivity (Wildman–Crippen MR) is 62.2 cm³/mol. The maximum absolute atomic E-state index is 12.6. The third-order valence-corrected chi connectivity index (χ3v) is 2.63. The van der Waals surface area contributed by atoms with Gasteiger partial charge < -0.3 is 0 Å². The number of aryl methyl sites for hydroxylation is 1. The van der Waals surface area contributed by atoms with Gasteiger partial charge in [0.15, 0.2) is 0 Å². The summed E-state index contributed by atoms with van der Waals surface area (Å²) in [6.07, 6.45) is -1.44. The molecule has 0 aliphatic heterocycles. The van der Waals surface area contributed by atoms with Crippen LogP contribution >= 0.6 is 11.6 Å². The van der Waals surface area contributed by atoms with Crippen molar-refractivity contribution in [3.8, 4) is 11.1 Å².